The first-order valence-corrected chi connectivity index (χ1v) is 10.8. The highest BCUT2D eigenvalue weighted by molar-refractivity contribution is 7.20. The molecule has 4 heterocycles. The first-order chi connectivity index (χ1) is 13.7. The Hall–Kier alpha value is -2.04. The molecule has 2 aromatic rings. The van der Waals surface area contributed by atoms with Gasteiger partial charge in [0.25, 0.3) is 11.5 Å². The van der Waals surface area contributed by atoms with Gasteiger partial charge in [-0.25, -0.2) is 0 Å². The van der Waals surface area contributed by atoms with Crippen molar-refractivity contribution in [2.75, 3.05) is 57.4 Å². The van der Waals surface area contributed by atoms with Gasteiger partial charge in [-0.1, -0.05) is 17.8 Å². The lowest BCUT2D eigenvalue weighted by Crippen LogP contribution is -2.36. The molecule has 1 N–H and O–H groups in total. The SMILES string of the molecule is O=C(NCCCN1CCCCC1)c1cc(=O)nc2sc(N3CCOCC3)nn12. The Balaban J connectivity index is 1.42. The molecule has 4 rings (SSSR count). The number of fused-ring (bicyclic) bond motifs is 1. The number of nitrogens with one attached hydrogen (secondary N) is 1. The summed E-state index contributed by atoms with van der Waals surface area (Å²) in [6.07, 6.45) is 4.74. The second kappa shape index (κ2) is 8.97. The topological polar surface area (TPSA) is 92.1 Å². The molecule has 0 aliphatic carbocycles. The van der Waals surface area contributed by atoms with Crippen LogP contribution in [-0.4, -0.2) is 77.9 Å². The first kappa shape index (κ1) is 19.3. The number of piperidine rings is 1. The van der Waals surface area contributed by atoms with Gasteiger partial charge >= 0.3 is 0 Å². The molecule has 0 unspecified atom stereocenters. The molecule has 0 saturated carbocycles. The number of aromatic nitrogens is 3. The van der Waals surface area contributed by atoms with Crippen LogP contribution in [0.15, 0.2) is 10.9 Å². The quantitative estimate of drug-likeness (QED) is 0.702. The van der Waals surface area contributed by atoms with Crippen LogP contribution in [0.25, 0.3) is 4.96 Å². The Labute approximate surface area is 167 Å². The monoisotopic (exact) mass is 406 g/mol. The average Bonchev–Trinajstić information content (AvgIpc) is 3.16. The molecular weight excluding hydrogens is 380 g/mol. The van der Waals surface area contributed by atoms with E-state index in [2.05, 4.69) is 25.2 Å². The number of anilines is 1. The second-order valence-corrected chi connectivity index (χ2v) is 8.10. The van der Waals surface area contributed by atoms with Crippen LogP contribution in [0.1, 0.15) is 36.2 Å². The van der Waals surface area contributed by atoms with Crippen molar-refractivity contribution in [2.24, 2.45) is 0 Å². The summed E-state index contributed by atoms with van der Waals surface area (Å²) in [5.41, 5.74) is -0.181. The highest BCUT2D eigenvalue weighted by Gasteiger charge is 2.20. The number of morpholine rings is 1. The Morgan fingerprint density at radius 2 is 1.96 bits per heavy atom. The number of nitrogens with zero attached hydrogens (tertiary/aromatic N) is 5. The largest absolute Gasteiger partial charge is 0.378 e. The fraction of sp³-hybridized carbons (Fsp3) is 0.667. The Morgan fingerprint density at radius 3 is 2.75 bits per heavy atom. The van der Waals surface area contributed by atoms with Crippen molar-refractivity contribution >= 4 is 27.3 Å². The minimum Gasteiger partial charge on any atom is -0.378 e. The van der Waals surface area contributed by atoms with Gasteiger partial charge in [0, 0.05) is 25.7 Å². The summed E-state index contributed by atoms with van der Waals surface area (Å²) in [4.78, 5) is 33.6. The highest BCUT2D eigenvalue weighted by Crippen LogP contribution is 2.23. The lowest BCUT2D eigenvalue weighted by Gasteiger charge is -2.26. The van der Waals surface area contributed by atoms with E-state index in [0.717, 1.165) is 44.3 Å². The number of hydrogen-bond acceptors (Lipinski definition) is 8. The van der Waals surface area contributed by atoms with Crippen LogP contribution >= 0.6 is 11.3 Å². The number of likely N-dealkylation sites (tertiary alicyclic amines) is 1. The Morgan fingerprint density at radius 1 is 1.18 bits per heavy atom. The van der Waals surface area contributed by atoms with Gasteiger partial charge in [0.2, 0.25) is 10.1 Å². The molecule has 152 valence electrons. The van der Waals surface area contributed by atoms with Gasteiger partial charge in [-0.3, -0.25) is 9.59 Å². The van der Waals surface area contributed by atoms with Crippen LogP contribution in [0.3, 0.4) is 0 Å². The molecule has 2 saturated heterocycles. The van der Waals surface area contributed by atoms with Gasteiger partial charge in [0.15, 0.2) is 0 Å². The van der Waals surface area contributed by atoms with Crippen molar-refractivity contribution in [1.82, 2.24) is 24.8 Å². The van der Waals surface area contributed by atoms with E-state index in [1.807, 2.05) is 0 Å². The maximum atomic E-state index is 12.7. The summed E-state index contributed by atoms with van der Waals surface area (Å²) < 4.78 is 6.85. The Bertz CT molecular complexity index is 870. The smallest absolute Gasteiger partial charge is 0.274 e. The number of amides is 1. The standard InChI is InChI=1S/C18H26N6O3S/c25-15-13-14(16(26)19-5-4-8-22-6-2-1-3-7-22)24-17(20-15)28-18(21-24)23-9-11-27-12-10-23/h13H,1-12H2,(H,19,26). The molecule has 0 radical (unpaired) electrons. The maximum Gasteiger partial charge on any atom is 0.274 e. The molecular formula is C18H26N6O3S. The highest BCUT2D eigenvalue weighted by atomic mass is 32.1. The summed E-state index contributed by atoms with van der Waals surface area (Å²) in [6.45, 7) is 6.63. The van der Waals surface area contributed by atoms with Crippen molar-refractivity contribution < 1.29 is 9.53 Å². The summed E-state index contributed by atoms with van der Waals surface area (Å²) in [7, 11) is 0. The number of carbonyl (C=O) groups excluding carboxylic acids is 1. The van der Waals surface area contributed by atoms with E-state index < -0.39 is 5.56 Å². The first-order valence-electron chi connectivity index (χ1n) is 9.95. The molecule has 2 aliphatic rings. The van der Waals surface area contributed by atoms with Gasteiger partial charge in [-0.15, -0.1) is 5.10 Å². The van der Waals surface area contributed by atoms with Crippen LogP contribution in [0.2, 0.25) is 0 Å². The molecule has 28 heavy (non-hydrogen) atoms. The zero-order chi connectivity index (χ0) is 19.3. The van der Waals surface area contributed by atoms with Gasteiger partial charge < -0.3 is 19.9 Å². The van der Waals surface area contributed by atoms with Crippen molar-refractivity contribution in [1.29, 1.82) is 0 Å². The van der Waals surface area contributed by atoms with E-state index in [1.165, 1.54) is 41.2 Å². The van der Waals surface area contributed by atoms with Crippen LogP contribution in [0.4, 0.5) is 5.13 Å². The normalized spacial score (nSPS) is 18.5. The minimum atomic E-state index is -0.421. The number of ether oxygens (including phenoxy) is 1. The molecule has 0 aromatic carbocycles. The third kappa shape index (κ3) is 4.50. The summed E-state index contributed by atoms with van der Waals surface area (Å²) in [5, 5.41) is 8.21. The molecule has 0 atom stereocenters. The van der Waals surface area contributed by atoms with Gasteiger partial charge in [0.1, 0.15) is 5.69 Å². The number of rotatable bonds is 6. The van der Waals surface area contributed by atoms with Gasteiger partial charge in [-0.05, 0) is 38.9 Å². The van der Waals surface area contributed by atoms with E-state index in [0.29, 0.717) is 24.7 Å². The van der Waals surface area contributed by atoms with E-state index in [-0.39, 0.29) is 11.6 Å². The molecule has 0 bridgehead atoms. The van der Waals surface area contributed by atoms with Crippen molar-refractivity contribution in [2.45, 2.75) is 25.7 Å². The summed E-state index contributed by atoms with van der Waals surface area (Å²) in [6, 6.07) is 1.26. The fourth-order valence-electron chi connectivity index (χ4n) is 3.63. The number of hydrogen-bond donors (Lipinski definition) is 1. The minimum absolute atomic E-state index is 0.240. The number of carbonyl (C=O) groups is 1. The van der Waals surface area contributed by atoms with E-state index in [9.17, 15) is 9.59 Å². The van der Waals surface area contributed by atoms with E-state index in [1.54, 1.807) is 0 Å². The second-order valence-electron chi connectivity index (χ2n) is 7.17. The van der Waals surface area contributed by atoms with Crippen LogP contribution in [0.5, 0.6) is 0 Å². The molecule has 0 spiro atoms. The molecule has 2 fully saturated rings. The third-order valence-corrected chi connectivity index (χ3v) is 6.11. The lowest BCUT2D eigenvalue weighted by atomic mass is 10.1. The lowest BCUT2D eigenvalue weighted by molar-refractivity contribution is 0.0943. The predicted octanol–water partition coefficient (Wildman–Crippen LogP) is 0.593. The van der Waals surface area contributed by atoms with Crippen LogP contribution < -0.4 is 15.8 Å². The van der Waals surface area contributed by atoms with Gasteiger partial charge in [0.05, 0.1) is 13.2 Å². The van der Waals surface area contributed by atoms with E-state index >= 15 is 0 Å². The van der Waals surface area contributed by atoms with Gasteiger partial charge in [-0.2, -0.15) is 9.50 Å². The third-order valence-electron chi connectivity index (χ3n) is 5.14. The molecule has 10 heteroatoms. The summed E-state index contributed by atoms with van der Waals surface area (Å²) >= 11 is 1.32. The molecule has 2 aromatic heterocycles. The zero-order valence-electron chi connectivity index (χ0n) is 15.9. The summed E-state index contributed by atoms with van der Waals surface area (Å²) in [5.74, 6) is -0.285. The Kier molecular flexibility index (Phi) is 6.18. The predicted molar refractivity (Wildman–Crippen MR) is 107 cm³/mol. The maximum absolute atomic E-state index is 12.7. The zero-order valence-corrected chi connectivity index (χ0v) is 16.7. The van der Waals surface area contributed by atoms with Crippen molar-refractivity contribution in [3.8, 4) is 0 Å². The fourth-order valence-corrected chi connectivity index (χ4v) is 4.59. The molecule has 9 nitrogen and oxygen atoms in total. The van der Waals surface area contributed by atoms with Crippen LogP contribution in [0, 0.1) is 0 Å². The average molecular weight is 407 g/mol. The van der Waals surface area contributed by atoms with E-state index in [4.69, 9.17) is 4.74 Å². The molecule has 2 aliphatic heterocycles. The van der Waals surface area contributed by atoms with Crippen molar-refractivity contribution in [3.05, 3.63) is 22.1 Å². The van der Waals surface area contributed by atoms with Crippen LogP contribution in [-0.2, 0) is 4.74 Å². The molecule has 1 amide bonds. The van der Waals surface area contributed by atoms with Crippen molar-refractivity contribution in [3.63, 3.8) is 0 Å².